The third-order valence-electron chi connectivity index (χ3n) is 8.36. The van der Waals surface area contributed by atoms with Crippen LogP contribution in [0.3, 0.4) is 0 Å². The predicted octanol–water partition coefficient (Wildman–Crippen LogP) is 9.31. The van der Waals surface area contributed by atoms with Crippen LogP contribution in [0, 0.1) is 11.3 Å². The third-order valence-corrected chi connectivity index (χ3v) is 10.5. The normalized spacial score (nSPS) is 12.8. The molecule has 0 heterocycles. The Bertz CT molecular complexity index is 1500. The van der Waals surface area contributed by atoms with Crippen LogP contribution in [-0.4, -0.2) is 69.5 Å². The first-order chi connectivity index (χ1) is 25.7. The van der Waals surface area contributed by atoms with E-state index in [1.165, 1.54) is 0 Å². The molecule has 0 fully saturated rings. The van der Waals surface area contributed by atoms with Crippen LogP contribution in [0.15, 0.2) is 104 Å². The lowest BCUT2D eigenvalue weighted by molar-refractivity contribution is -0.00494. The van der Waals surface area contributed by atoms with Gasteiger partial charge >= 0.3 is 6.09 Å². The Morgan fingerprint density at radius 1 is 0.868 bits per heavy atom. The fourth-order valence-electron chi connectivity index (χ4n) is 5.89. The van der Waals surface area contributed by atoms with Crippen molar-refractivity contribution in [3.8, 4) is 17.6 Å². The summed E-state index contributed by atoms with van der Waals surface area (Å²) in [6.45, 7) is 13.2. The van der Waals surface area contributed by atoms with Gasteiger partial charge in [0.05, 0.1) is 52.6 Å². The Labute approximate surface area is 317 Å². The molecule has 0 aliphatic heterocycles. The molecule has 0 bridgehead atoms. The standard InChI is InChI=1S/C42H56N3O7P/c1-8-9-10-14-30-49-41(46)44-29-26-40(52-53(51-31-15-28-43)45(33(2)3)34(4)5)27-32-50-42(35-16-12-11-13-17-35,36-18-22-38(47-6)23-19-36)37-20-24-39(48-7)25-21-37/h8-13,16-25,33-34,40H,1,14-15,26-27,29-32H2,2-7H3,(H,44,46)/b10-9+/t40-,53?/m1/s1. The van der Waals surface area contributed by atoms with Gasteiger partial charge in [-0.25, -0.2) is 9.46 Å². The molecule has 10 nitrogen and oxygen atoms in total. The van der Waals surface area contributed by atoms with Crippen molar-refractivity contribution in [1.29, 1.82) is 5.26 Å². The van der Waals surface area contributed by atoms with E-state index < -0.39 is 20.2 Å². The molecule has 3 aromatic carbocycles. The maximum atomic E-state index is 12.5. The van der Waals surface area contributed by atoms with Crippen molar-refractivity contribution in [3.05, 3.63) is 120 Å². The van der Waals surface area contributed by atoms with Crippen molar-refractivity contribution < 1.29 is 32.8 Å². The Morgan fingerprint density at radius 3 is 1.98 bits per heavy atom. The van der Waals surface area contributed by atoms with Gasteiger partial charge in [-0.15, -0.1) is 0 Å². The molecule has 1 unspecified atom stereocenters. The monoisotopic (exact) mass is 745 g/mol. The number of carbonyl (C=O) groups is 1. The highest BCUT2D eigenvalue weighted by molar-refractivity contribution is 7.44. The third kappa shape index (κ3) is 13.3. The number of allylic oxidation sites excluding steroid dienone is 2. The lowest BCUT2D eigenvalue weighted by Gasteiger charge is -2.38. The van der Waals surface area contributed by atoms with Gasteiger partial charge in [-0.3, -0.25) is 0 Å². The number of alkyl carbamates (subject to hydrolysis) is 1. The zero-order valence-corrected chi connectivity index (χ0v) is 32.9. The van der Waals surface area contributed by atoms with Crippen LogP contribution in [0.4, 0.5) is 4.79 Å². The van der Waals surface area contributed by atoms with E-state index in [9.17, 15) is 10.1 Å². The number of hydrogen-bond donors (Lipinski definition) is 1. The second-order valence-electron chi connectivity index (χ2n) is 12.7. The summed E-state index contributed by atoms with van der Waals surface area (Å²) < 4.78 is 38.8. The van der Waals surface area contributed by atoms with Gasteiger partial charge < -0.3 is 33.3 Å². The SMILES string of the molecule is C=C/C=C/CCOC(=O)NCC[C@H](CCOC(c1ccccc1)(c1ccc(OC)cc1)c1ccc(OC)cc1)OP(OCCC#N)N(C(C)C)C(C)C. The van der Waals surface area contributed by atoms with E-state index >= 15 is 0 Å². The highest BCUT2D eigenvalue weighted by Gasteiger charge is 2.38. The Hall–Kier alpha value is -4.23. The van der Waals surface area contributed by atoms with Crippen LogP contribution >= 0.6 is 8.53 Å². The number of nitrogens with zero attached hydrogens (tertiary/aromatic N) is 2. The molecule has 2 atom stereocenters. The van der Waals surface area contributed by atoms with Crippen LogP contribution < -0.4 is 14.8 Å². The fraction of sp³-hybridized carbons (Fsp3) is 0.429. The highest BCUT2D eigenvalue weighted by atomic mass is 31.2. The summed E-state index contributed by atoms with van der Waals surface area (Å²) in [5.41, 5.74) is 1.80. The van der Waals surface area contributed by atoms with E-state index in [4.69, 9.17) is 28.0 Å². The van der Waals surface area contributed by atoms with E-state index in [0.717, 1.165) is 28.2 Å². The van der Waals surface area contributed by atoms with E-state index in [-0.39, 0.29) is 37.8 Å². The minimum Gasteiger partial charge on any atom is -0.497 e. The first-order valence-electron chi connectivity index (χ1n) is 18.1. The molecule has 1 amide bonds. The van der Waals surface area contributed by atoms with Crippen LogP contribution in [0.1, 0.15) is 70.1 Å². The number of ether oxygens (including phenoxy) is 4. The van der Waals surface area contributed by atoms with Crippen molar-refractivity contribution in [3.63, 3.8) is 0 Å². The number of rotatable bonds is 24. The van der Waals surface area contributed by atoms with Crippen molar-refractivity contribution in [2.75, 3.05) is 40.6 Å². The van der Waals surface area contributed by atoms with Gasteiger partial charge in [0.15, 0.2) is 0 Å². The van der Waals surface area contributed by atoms with Gasteiger partial charge in [-0.2, -0.15) is 5.26 Å². The molecule has 0 aromatic heterocycles. The Morgan fingerprint density at radius 2 is 1.45 bits per heavy atom. The molecule has 0 radical (unpaired) electrons. The average Bonchev–Trinajstić information content (AvgIpc) is 3.16. The van der Waals surface area contributed by atoms with Crippen molar-refractivity contribution in [2.45, 2.75) is 77.2 Å². The second kappa shape index (κ2) is 23.4. The van der Waals surface area contributed by atoms with Gasteiger partial charge in [-0.1, -0.05) is 79.4 Å². The summed E-state index contributed by atoms with van der Waals surface area (Å²) in [4.78, 5) is 12.5. The van der Waals surface area contributed by atoms with Gasteiger partial charge in [0.1, 0.15) is 17.1 Å². The number of hydrogen-bond acceptors (Lipinski definition) is 9. The van der Waals surface area contributed by atoms with Gasteiger partial charge in [0, 0.05) is 18.6 Å². The van der Waals surface area contributed by atoms with E-state index in [1.54, 1.807) is 20.3 Å². The van der Waals surface area contributed by atoms with Crippen LogP contribution in [-0.2, 0) is 24.1 Å². The summed E-state index contributed by atoms with van der Waals surface area (Å²) in [5, 5.41) is 12.1. The number of methoxy groups -OCH3 is 2. The first-order valence-corrected chi connectivity index (χ1v) is 19.2. The second-order valence-corrected chi connectivity index (χ2v) is 14.1. The van der Waals surface area contributed by atoms with Gasteiger partial charge in [-0.05, 0) is 87.9 Å². The fourth-order valence-corrected chi connectivity index (χ4v) is 7.66. The topological polar surface area (TPSA) is 112 Å². The molecule has 0 spiro atoms. The van der Waals surface area contributed by atoms with Crippen LogP contribution in [0.25, 0.3) is 0 Å². The molecule has 3 aromatic rings. The van der Waals surface area contributed by atoms with Gasteiger partial charge in [0.2, 0.25) is 0 Å². The average molecular weight is 746 g/mol. The largest absolute Gasteiger partial charge is 0.497 e. The summed E-state index contributed by atoms with van der Waals surface area (Å²) in [6, 6.07) is 28.4. The van der Waals surface area contributed by atoms with E-state index in [0.29, 0.717) is 32.4 Å². The number of benzene rings is 3. The molecule has 53 heavy (non-hydrogen) atoms. The molecular weight excluding hydrogens is 689 g/mol. The first kappa shape index (κ1) is 43.2. The number of carbonyl (C=O) groups excluding carboxylic acids is 1. The molecule has 0 saturated carbocycles. The lowest BCUT2D eigenvalue weighted by atomic mass is 9.80. The van der Waals surface area contributed by atoms with Crippen molar-refractivity contribution in [2.24, 2.45) is 0 Å². The van der Waals surface area contributed by atoms with E-state index in [1.807, 2.05) is 78.9 Å². The van der Waals surface area contributed by atoms with E-state index in [2.05, 4.69) is 62.5 Å². The molecule has 286 valence electrons. The number of amides is 1. The Kier molecular flexibility index (Phi) is 19.1. The highest BCUT2D eigenvalue weighted by Crippen LogP contribution is 2.48. The molecule has 1 N–H and O–H groups in total. The molecule has 11 heteroatoms. The molecule has 3 rings (SSSR count). The van der Waals surface area contributed by atoms with Gasteiger partial charge in [0.25, 0.3) is 8.53 Å². The van der Waals surface area contributed by atoms with Crippen molar-refractivity contribution >= 4 is 14.6 Å². The molecule has 0 aliphatic rings. The summed E-state index contributed by atoms with van der Waals surface area (Å²) in [6.07, 6.45) is 6.32. The zero-order valence-electron chi connectivity index (χ0n) is 32.0. The molecular formula is C42H56N3O7P. The predicted molar refractivity (Wildman–Crippen MR) is 211 cm³/mol. The minimum absolute atomic E-state index is 0.124. The number of nitrogens with one attached hydrogen (secondary N) is 1. The minimum atomic E-state index is -1.55. The summed E-state index contributed by atoms with van der Waals surface area (Å²) in [5.74, 6) is 1.48. The smallest absolute Gasteiger partial charge is 0.407 e. The summed E-state index contributed by atoms with van der Waals surface area (Å²) in [7, 11) is 1.74. The van der Waals surface area contributed by atoms with Crippen LogP contribution in [0.2, 0.25) is 0 Å². The van der Waals surface area contributed by atoms with Crippen molar-refractivity contribution in [1.82, 2.24) is 9.99 Å². The summed E-state index contributed by atoms with van der Waals surface area (Å²) >= 11 is 0. The maximum absolute atomic E-state index is 12.5. The lowest BCUT2D eigenvalue weighted by Crippen LogP contribution is -2.36. The molecule has 0 aliphatic carbocycles. The molecule has 0 saturated heterocycles. The number of nitriles is 1. The quantitative estimate of drug-likeness (QED) is 0.0415. The van der Waals surface area contributed by atoms with Crippen LogP contribution in [0.5, 0.6) is 11.5 Å². The zero-order chi connectivity index (χ0) is 38.5. The maximum Gasteiger partial charge on any atom is 0.407 e. The Balaban J connectivity index is 1.96.